The summed E-state index contributed by atoms with van der Waals surface area (Å²) in [6, 6.07) is 8.26. The summed E-state index contributed by atoms with van der Waals surface area (Å²) in [7, 11) is 1.41. The summed E-state index contributed by atoms with van der Waals surface area (Å²) in [5, 5.41) is 0. The molecule has 4 rings (SSSR count). The van der Waals surface area contributed by atoms with Crippen LogP contribution in [0, 0.1) is 0 Å². The average Bonchev–Trinajstić information content (AvgIpc) is 2.99. The number of nitrogens with zero attached hydrogens (tertiary/aromatic N) is 2. The number of carbonyl (C=O) groups excluding carboxylic acids is 1. The number of ether oxygens (including phenoxy) is 2. The van der Waals surface area contributed by atoms with Crippen LogP contribution in [0.25, 0.3) is 11.3 Å². The van der Waals surface area contributed by atoms with Crippen molar-refractivity contribution in [3.8, 4) is 11.3 Å². The summed E-state index contributed by atoms with van der Waals surface area (Å²) in [5.74, 6) is -0.319. The fraction of sp³-hybridized carbons (Fsp3) is 0.368. The lowest BCUT2D eigenvalue weighted by Gasteiger charge is -2.26. The number of morpholine rings is 1. The van der Waals surface area contributed by atoms with Crippen molar-refractivity contribution >= 4 is 21.9 Å². The summed E-state index contributed by atoms with van der Waals surface area (Å²) in [5.41, 5.74) is 6.03. The summed E-state index contributed by atoms with van der Waals surface area (Å²) >= 11 is 3.41. The lowest BCUT2D eigenvalue weighted by atomic mass is 10.0. The van der Waals surface area contributed by atoms with E-state index >= 15 is 0 Å². The van der Waals surface area contributed by atoms with Gasteiger partial charge in [0, 0.05) is 31.6 Å². The number of methoxy groups -OCH3 is 1. The molecule has 6 heteroatoms. The van der Waals surface area contributed by atoms with Crippen molar-refractivity contribution in [2.24, 2.45) is 0 Å². The van der Waals surface area contributed by atoms with Crippen molar-refractivity contribution < 1.29 is 14.3 Å². The van der Waals surface area contributed by atoms with Gasteiger partial charge in [-0.1, -0.05) is 18.2 Å². The first-order chi connectivity index (χ1) is 12.2. The molecule has 1 saturated heterocycles. The first kappa shape index (κ1) is 16.7. The standard InChI is InChI=1S/C19H19BrN2O3/c1-24-19(23)16-10-17(20)21-18-14-3-2-12(8-13(14)9-15(16)18)11-22-4-6-25-7-5-22/h2-3,8,10H,4-7,9,11H2,1H3. The monoisotopic (exact) mass is 402 g/mol. The van der Waals surface area contributed by atoms with Crippen molar-refractivity contribution in [1.82, 2.24) is 9.88 Å². The summed E-state index contributed by atoms with van der Waals surface area (Å²) in [6.07, 6.45) is 0.715. The van der Waals surface area contributed by atoms with Crippen molar-refractivity contribution in [3.63, 3.8) is 0 Å². The van der Waals surface area contributed by atoms with E-state index in [0.29, 0.717) is 16.6 Å². The number of pyridine rings is 1. The maximum absolute atomic E-state index is 12.1. The van der Waals surface area contributed by atoms with Crippen LogP contribution < -0.4 is 0 Å². The zero-order valence-electron chi connectivity index (χ0n) is 14.0. The molecule has 0 radical (unpaired) electrons. The number of hydrogen-bond donors (Lipinski definition) is 0. The first-order valence-corrected chi connectivity index (χ1v) is 9.15. The molecule has 0 amide bonds. The van der Waals surface area contributed by atoms with E-state index in [9.17, 15) is 4.79 Å². The molecule has 0 atom stereocenters. The molecule has 2 heterocycles. The Labute approximate surface area is 155 Å². The Morgan fingerprint density at radius 2 is 2.12 bits per heavy atom. The Balaban J connectivity index is 1.65. The second kappa shape index (κ2) is 6.86. The number of hydrogen-bond acceptors (Lipinski definition) is 5. The number of benzene rings is 1. The normalized spacial score (nSPS) is 16.4. The van der Waals surface area contributed by atoms with Crippen LogP contribution in [0.15, 0.2) is 28.9 Å². The van der Waals surface area contributed by atoms with Crippen LogP contribution in [0.3, 0.4) is 0 Å². The topological polar surface area (TPSA) is 51.7 Å². The predicted octanol–water partition coefficient (Wildman–Crippen LogP) is 3.03. The molecule has 1 fully saturated rings. The highest BCUT2D eigenvalue weighted by Crippen LogP contribution is 2.39. The second-order valence-electron chi connectivity index (χ2n) is 6.37. The quantitative estimate of drug-likeness (QED) is 0.497. The first-order valence-electron chi connectivity index (χ1n) is 8.35. The molecule has 5 nitrogen and oxygen atoms in total. The van der Waals surface area contributed by atoms with Gasteiger partial charge in [-0.3, -0.25) is 4.90 Å². The third kappa shape index (κ3) is 3.21. The van der Waals surface area contributed by atoms with Gasteiger partial charge in [0.05, 0.1) is 31.6 Å². The number of rotatable bonds is 3. The van der Waals surface area contributed by atoms with Gasteiger partial charge in [-0.2, -0.15) is 0 Å². The Morgan fingerprint density at radius 1 is 1.32 bits per heavy atom. The van der Waals surface area contributed by atoms with Crippen LogP contribution >= 0.6 is 15.9 Å². The van der Waals surface area contributed by atoms with E-state index in [-0.39, 0.29) is 5.97 Å². The summed E-state index contributed by atoms with van der Waals surface area (Å²) in [6.45, 7) is 4.47. The van der Waals surface area contributed by atoms with Crippen LogP contribution in [0.5, 0.6) is 0 Å². The van der Waals surface area contributed by atoms with Gasteiger partial charge in [0.15, 0.2) is 0 Å². The minimum atomic E-state index is -0.319. The second-order valence-corrected chi connectivity index (χ2v) is 7.18. The Bertz CT molecular complexity index is 832. The van der Waals surface area contributed by atoms with E-state index in [1.54, 1.807) is 6.07 Å². The maximum atomic E-state index is 12.1. The molecule has 1 aromatic heterocycles. The Morgan fingerprint density at radius 3 is 2.88 bits per heavy atom. The third-order valence-corrected chi connectivity index (χ3v) is 5.21. The van der Waals surface area contributed by atoms with Gasteiger partial charge in [-0.15, -0.1) is 0 Å². The molecule has 1 aliphatic carbocycles. The third-order valence-electron chi connectivity index (χ3n) is 4.80. The van der Waals surface area contributed by atoms with Gasteiger partial charge in [0.1, 0.15) is 4.60 Å². The largest absolute Gasteiger partial charge is 0.465 e. The molecule has 130 valence electrons. The summed E-state index contributed by atoms with van der Waals surface area (Å²) < 4.78 is 11.0. The minimum absolute atomic E-state index is 0.319. The molecule has 0 unspecified atom stereocenters. The van der Waals surface area contributed by atoms with Crippen LogP contribution in [0.1, 0.15) is 27.0 Å². The van der Waals surface area contributed by atoms with E-state index in [1.165, 1.54) is 18.2 Å². The number of esters is 1. The van der Waals surface area contributed by atoms with Gasteiger partial charge in [0.25, 0.3) is 0 Å². The Kier molecular flexibility index (Phi) is 4.58. The smallest absolute Gasteiger partial charge is 0.338 e. The highest BCUT2D eigenvalue weighted by atomic mass is 79.9. The molecule has 0 N–H and O–H groups in total. The zero-order chi connectivity index (χ0) is 17.4. The van der Waals surface area contributed by atoms with Gasteiger partial charge in [-0.05, 0) is 38.7 Å². The fourth-order valence-electron chi connectivity index (χ4n) is 3.56. The van der Waals surface area contributed by atoms with E-state index in [4.69, 9.17) is 9.47 Å². The summed E-state index contributed by atoms with van der Waals surface area (Å²) in [4.78, 5) is 19.1. The molecular formula is C19H19BrN2O3. The van der Waals surface area contributed by atoms with Crippen molar-refractivity contribution in [2.75, 3.05) is 33.4 Å². The van der Waals surface area contributed by atoms with Gasteiger partial charge < -0.3 is 9.47 Å². The van der Waals surface area contributed by atoms with Crippen LogP contribution in [-0.2, 0) is 22.4 Å². The predicted molar refractivity (Wildman–Crippen MR) is 97.6 cm³/mol. The van der Waals surface area contributed by atoms with E-state index < -0.39 is 0 Å². The number of fused-ring (bicyclic) bond motifs is 3. The molecular weight excluding hydrogens is 384 g/mol. The van der Waals surface area contributed by atoms with Gasteiger partial charge >= 0.3 is 5.97 Å². The SMILES string of the molecule is COC(=O)c1cc(Br)nc2c1Cc1cc(CN3CCOCC3)ccc1-2. The van der Waals surface area contributed by atoms with Gasteiger partial charge in [-0.25, -0.2) is 9.78 Å². The van der Waals surface area contributed by atoms with E-state index in [0.717, 1.165) is 49.7 Å². The molecule has 25 heavy (non-hydrogen) atoms. The fourth-order valence-corrected chi connectivity index (χ4v) is 3.97. The van der Waals surface area contributed by atoms with E-state index in [1.807, 2.05) is 0 Å². The number of carbonyl (C=O) groups is 1. The van der Waals surface area contributed by atoms with Crippen molar-refractivity contribution in [3.05, 3.63) is 51.1 Å². The molecule has 2 aromatic rings. The van der Waals surface area contributed by atoms with Crippen LogP contribution in [0.4, 0.5) is 0 Å². The Hall–Kier alpha value is -1.76. The van der Waals surface area contributed by atoms with Crippen LogP contribution in [-0.4, -0.2) is 49.3 Å². The lowest BCUT2D eigenvalue weighted by Crippen LogP contribution is -2.35. The van der Waals surface area contributed by atoms with Crippen LogP contribution in [0.2, 0.25) is 0 Å². The van der Waals surface area contributed by atoms with Crippen molar-refractivity contribution in [2.45, 2.75) is 13.0 Å². The molecule has 1 aliphatic heterocycles. The maximum Gasteiger partial charge on any atom is 0.338 e. The molecule has 0 bridgehead atoms. The van der Waals surface area contributed by atoms with Crippen molar-refractivity contribution in [1.29, 1.82) is 0 Å². The minimum Gasteiger partial charge on any atom is -0.465 e. The lowest BCUT2D eigenvalue weighted by molar-refractivity contribution is 0.0342. The number of halogens is 1. The highest BCUT2D eigenvalue weighted by molar-refractivity contribution is 9.10. The average molecular weight is 403 g/mol. The molecule has 1 aromatic carbocycles. The highest BCUT2D eigenvalue weighted by Gasteiger charge is 2.27. The van der Waals surface area contributed by atoms with Gasteiger partial charge in [0.2, 0.25) is 0 Å². The van der Waals surface area contributed by atoms with E-state index in [2.05, 4.69) is 44.0 Å². The molecule has 0 spiro atoms. The zero-order valence-corrected chi connectivity index (χ0v) is 15.6. The molecule has 2 aliphatic rings. The molecule has 0 saturated carbocycles. The number of aromatic nitrogens is 1.